The normalized spacial score (nSPS) is 18.0. The van der Waals surface area contributed by atoms with Crippen molar-refractivity contribution in [2.45, 2.75) is 26.0 Å². The predicted octanol–water partition coefficient (Wildman–Crippen LogP) is 3.76. The summed E-state index contributed by atoms with van der Waals surface area (Å²) in [5.74, 6) is 1.78. The van der Waals surface area contributed by atoms with Crippen LogP contribution in [0.5, 0.6) is 5.75 Å². The minimum atomic E-state index is -2.83. The molecule has 4 heterocycles. The molecule has 0 unspecified atom stereocenters. The van der Waals surface area contributed by atoms with Crippen LogP contribution in [0.2, 0.25) is 0 Å². The largest absolute Gasteiger partial charge is 0.475 e. The van der Waals surface area contributed by atoms with Crippen LogP contribution in [0.4, 0.5) is 26.2 Å². The van der Waals surface area contributed by atoms with Crippen LogP contribution in [0, 0.1) is 0 Å². The number of thiophene rings is 1. The van der Waals surface area contributed by atoms with Gasteiger partial charge >= 0.3 is 6.61 Å². The van der Waals surface area contributed by atoms with E-state index in [0.717, 1.165) is 53.5 Å². The van der Waals surface area contributed by atoms with Crippen molar-refractivity contribution >= 4 is 44.9 Å². The maximum absolute atomic E-state index is 12.4. The van der Waals surface area contributed by atoms with Crippen molar-refractivity contribution < 1.29 is 18.3 Å². The highest BCUT2D eigenvalue weighted by Crippen LogP contribution is 2.36. The van der Waals surface area contributed by atoms with Crippen LogP contribution >= 0.6 is 11.3 Å². The van der Waals surface area contributed by atoms with E-state index in [9.17, 15) is 8.78 Å². The van der Waals surface area contributed by atoms with Crippen molar-refractivity contribution in [1.82, 2.24) is 9.97 Å². The maximum atomic E-state index is 12.4. The molecule has 174 valence electrons. The molecule has 1 fully saturated rings. The SMILES string of the molecule is CC1(C)COC(c2csc3nc(N)nc(N4CCN(c5ccc(OC(F)F)cc5)CC4)c23)=N1. The number of rotatable bonds is 5. The zero-order valence-electron chi connectivity index (χ0n) is 18.3. The summed E-state index contributed by atoms with van der Waals surface area (Å²) < 4.78 is 35.1. The van der Waals surface area contributed by atoms with E-state index < -0.39 is 6.61 Å². The molecular weight excluding hydrogens is 450 g/mol. The number of fused-ring (bicyclic) bond motifs is 1. The van der Waals surface area contributed by atoms with Gasteiger partial charge in [0.2, 0.25) is 11.8 Å². The van der Waals surface area contributed by atoms with Gasteiger partial charge in [0.15, 0.2) is 0 Å². The van der Waals surface area contributed by atoms with Crippen molar-refractivity contribution in [3.8, 4) is 5.75 Å². The Morgan fingerprint density at radius 3 is 2.42 bits per heavy atom. The van der Waals surface area contributed by atoms with Gasteiger partial charge in [-0.05, 0) is 38.1 Å². The van der Waals surface area contributed by atoms with Gasteiger partial charge in [-0.2, -0.15) is 13.8 Å². The lowest BCUT2D eigenvalue weighted by Crippen LogP contribution is -2.47. The van der Waals surface area contributed by atoms with Crippen molar-refractivity contribution in [3.63, 3.8) is 0 Å². The molecule has 2 aliphatic rings. The first kappa shape index (κ1) is 21.6. The van der Waals surface area contributed by atoms with E-state index in [0.29, 0.717) is 12.5 Å². The van der Waals surface area contributed by atoms with Crippen LogP contribution in [0.1, 0.15) is 19.4 Å². The Kier molecular flexibility index (Phi) is 5.43. The fourth-order valence-electron chi connectivity index (χ4n) is 4.06. The summed E-state index contributed by atoms with van der Waals surface area (Å²) in [6.07, 6.45) is 0. The van der Waals surface area contributed by atoms with Gasteiger partial charge in [-0.15, -0.1) is 11.3 Å². The van der Waals surface area contributed by atoms with Crippen molar-refractivity contribution in [2.24, 2.45) is 4.99 Å². The molecule has 0 radical (unpaired) electrons. The molecule has 0 aliphatic carbocycles. The lowest BCUT2D eigenvalue weighted by molar-refractivity contribution is -0.0498. The minimum Gasteiger partial charge on any atom is -0.475 e. The van der Waals surface area contributed by atoms with Crippen LogP contribution in [-0.4, -0.2) is 60.8 Å². The van der Waals surface area contributed by atoms with Crippen LogP contribution in [0.3, 0.4) is 0 Å². The molecule has 1 saturated heterocycles. The molecule has 11 heteroatoms. The topological polar surface area (TPSA) is 89.1 Å². The number of benzene rings is 1. The molecule has 5 rings (SSSR count). The van der Waals surface area contributed by atoms with Crippen molar-refractivity contribution in [3.05, 3.63) is 35.2 Å². The van der Waals surface area contributed by atoms with Crippen molar-refractivity contribution in [2.75, 3.05) is 48.3 Å². The summed E-state index contributed by atoms with van der Waals surface area (Å²) in [6, 6.07) is 6.71. The Labute approximate surface area is 193 Å². The highest BCUT2D eigenvalue weighted by atomic mass is 32.1. The van der Waals surface area contributed by atoms with Gasteiger partial charge in [-0.25, -0.2) is 9.98 Å². The molecule has 3 aromatic rings. The fraction of sp³-hybridized carbons (Fsp3) is 0.409. The Morgan fingerprint density at radius 2 is 1.79 bits per heavy atom. The number of anilines is 3. The molecular formula is C22H24F2N6O2S. The standard InChI is InChI=1S/C22H24F2N6O2S/c1-22(2)12-31-18(28-22)15-11-33-19-16(15)17(26-21(25)27-19)30-9-7-29(8-10-30)13-3-5-14(6-4-13)32-20(23)24/h3-6,11,20H,7-10,12H2,1-2H3,(H2,25,26,27). The third-order valence-corrected chi connectivity index (χ3v) is 6.51. The Balaban J connectivity index is 1.38. The number of aromatic nitrogens is 2. The van der Waals surface area contributed by atoms with E-state index in [2.05, 4.69) is 24.5 Å². The van der Waals surface area contributed by atoms with Crippen LogP contribution in [0.25, 0.3) is 10.2 Å². The number of hydrogen-bond acceptors (Lipinski definition) is 9. The summed E-state index contributed by atoms with van der Waals surface area (Å²) >= 11 is 1.50. The van der Waals surface area contributed by atoms with Crippen LogP contribution in [0.15, 0.2) is 34.6 Å². The smallest absolute Gasteiger partial charge is 0.387 e. The number of hydrogen-bond donors (Lipinski definition) is 1. The number of nitrogen functional groups attached to an aromatic ring is 1. The Morgan fingerprint density at radius 1 is 1.09 bits per heavy atom. The predicted molar refractivity (Wildman–Crippen MR) is 126 cm³/mol. The molecule has 0 spiro atoms. The zero-order chi connectivity index (χ0) is 23.2. The number of piperazine rings is 1. The fourth-order valence-corrected chi connectivity index (χ4v) is 4.98. The van der Waals surface area contributed by atoms with Gasteiger partial charge in [0.25, 0.3) is 0 Å². The monoisotopic (exact) mass is 474 g/mol. The number of aliphatic imine (C=N–C) groups is 1. The summed E-state index contributed by atoms with van der Waals surface area (Å²) in [5.41, 5.74) is 7.61. The molecule has 2 N–H and O–H groups in total. The van der Waals surface area contributed by atoms with Gasteiger partial charge in [0.05, 0.1) is 16.5 Å². The Bertz CT molecular complexity index is 1190. The molecule has 0 saturated carbocycles. The van der Waals surface area contributed by atoms with Crippen LogP contribution < -0.4 is 20.3 Å². The first-order valence-electron chi connectivity index (χ1n) is 10.6. The third-order valence-electron chi connectivity index (χ3n) is 5.63. The second kappa shape index (κ2) is 8.29. The third kappa shape index (κ3) is 4.37. The van der Waals surface area contributed by atoms with E-state index in [-0.39, 0.29) is 17.2 Å². The van der Waals surface area contributed by atoms with Crippen molar-refractivity contribution in [1.29, 1.82) is 0 Å². The molecule has 33 heavy (non-hydrogen) atoms. The maximum Gasteiger partial charge on any atom is 0.387 e. The van der Waals surface area contributed by atoms with E-state index in [4.69, 9.17) is 15.5 Å². The van der Waals surface area contributed by atoms with Gasteiger partial charge in [-0.1, -0.05) is 0 Å². The van der Waals surface area contributed by atoms with Gasteiger partial charge in [-0.3, -0.25) is 0 Å². The van der Waals surface area contributed by atoms with Gasteiger partial charge < -0.3 is 25.0 Å². The zero-order valence-corrected chi connectivity index (χ0v) is 19.1. The summed E-state index contributed by atoms with van der Waals surface area (Å²) in [5, 5.41) is 2.91. The van der Waals surface area contributed by atoms with Crippen LogP contribution in [-0.2, 0) is 4.74 Å². The first-order chi connectivity index (χ1) is 15.8. The number of nitrogens with two attached hydrogens (primary N) is 1. The molecule has 0 amide bonds. The summed E-state index contributed by atoms with van der Waals surface area (Å²) in [6.45, 7) is 4.69. The van der Waals surface area contributed by atoms with Gasteiger partial charge in [0, 0.05) is 37.2 Å². The number of alkyl halides is 2. The number of halogens is 2. The van der Waals surface area contributed by atoms with Gasteiger partial charge in [0.1, 0.15) is 23.0 Å². The lowest BCUT2D eigenvalue weighted by Gasteiger charge is -2.37. The lowest BCUT2D eigenvalue weighted by atomic mass is 10.1. The quantitative estimate of drug-likeness (QED) is 0.602. The van der Waals surface area contributed by atoms with E-state index in [1.54, 1.807) is 24.3 Å². The second-order valence-electron chi connectivity index (χ2n) is 8.60. The molecule has 2 aliphatic heterocycles. The number of nitrogens with zero attached hydrogens (tertiary/aromatic N) is 5. The highest BCUT2D eigenvalue weighted by molar-refractivity contribution is 7.17. The van der Waals surface area contributed by atoms with E-state index in [1.165, 1.54) is 11.3 Å². The minimum absolute atomic E-state index is 0.149. The summed E-state index contributed by atoms with van der Waals surface area (Å²) in [4.78, 5) is 18.9. The molecule has 0 bridgehead atoms. The average Bonchev–Trinajstić information content (AvgIpc) is 3.36. The van der Waals surface area contributed by atoms with E-state index in [1.807, 2.05) is 19.2 Å². The Hall–Kier alpha value is -3.21. The molecule has 1 aromatic carbocycles. The number of ether oxygens (including phenoxy) is 2. The highest BCUT2D eigenvalue weighted by Gasteiger charge is 2.31. The molecule has 2 aromatic heterocycles. The average molecular weight is 475 g/mol. The van der Waals surface area contributed by atoms with E-state index >= 15 is 0 Å². The summed E-state index contributed by atoms with van der Waals surface area (Å²) in [7, 11) is 0. The second-order valence-corrected chi connectivity index (χ2v) is 9.46. The first-order valence-corrected chi connectivity index (χ1v) is 11.5. The molecule has 0 atom stereocenters. The molecule has 8 nitrogen and oxygen atoms in total.